The van der Waals surface area contributed by atoms with Gasteiger partial charge in [-0.15, -0.1) is 0 Å². The summed E-state index contributed by atoms with van der Waals surface area (Å²) in [6.07, 6.45) is 2.97. The predicted octanol–water partition coefficient (Wildman–Crippen LogP) is 1.04. The smallest absolute Gasteiger partial charge is 0.332 e. The van der Waals surface area contributed by atoms with Crippen molar-refractivity contribution in [2.75, 3.05) is 31.1 Å². The van der Waals surface area contributed by atoms with Gasteiger partial charge in [0, 0.05) is 58.6 Å². The normalized spacial score (nSPS) is 14.1. The number of nitrogens with zero attached hydrogens (tertiary/aromatic N) is 6. The SMILES string of the molecule is CCCn1c(=O)c2c(C(=O)N3CCN(c4ccccn4)CC3)cc(=O)n(CCC)c2n(C)c1=O. The fourth-order valence-corrected chi connectivity index (χ4v) is 4.57. The summed E-state index contributed by atoms with van der Waals surface area (Å²) in [5.74, 6) is 0.477. The molecule has 1 aliphatic rings. The molecule has 0 aromatic carbocycles. The van der Waals surface area contributed by atoms with Crippen LogP contribution in [0.3, 0.4) is 0 Å². The second-order valence-electron chi connectivity index (χ2n) is 8.51. The van der Waals surface area contributed by atoms with Gasteiger partial charge in [0.1, 0.15) is 11.5 Å². The summed E-state index contributed by atoms with van der Waals surface area (Å²) >= 11 is 0. The number of rotatable bonds is 6. The Labute approximate surface area is 196 Å². The summed E-state index contributed by atoms with van der Waals surface area (Å²) in [4.78, 5) is 61.1. The number of carbonyl (C=O) groups is 1. The van der Waals surface area contributed by atoms with Crippen LogP contribution in [0.4, 0.5) is 5.82 Å². The third kappa shape index (κ3) is 4.04. The van der Waals surface area contributed by atoms with E-state index in [-0.39, 0.29) is 29.0 Å². The number of fused-ring (bicyclic) bond motifs is 1. The van der Waals surface area contributed by atoms with Crippen LogP contribution in [-0.4, -0.2) is 55.7 Å². The van der Waals surface area contributed by atoms with E-state index in [0.29, 0.717) is 45.6 Å². The average molecular weight is 467 g/mol. The molecule has 0 spiro atoms. The molecule has 0 N–H and O–H groups in total. The van der Waals surface area contributed by atoms with Crippen molar-refractivity contribution in [3.8, 4) is 0 Å². The molecule has 4 heterocycles. The number of carbonyl (C=O) groups excluding carboxylic acids is 1. The van der Waals surface area contributed by atoms with Gasteiger partial charge in [0.05, 0.1) is 10.9 Å². The van der Waals surface area contributed by atoms with E-state index < -0.39 is 16.8 Å². The first-order chi connectivity index (χ1) is 16.4. The van der Waals surface area contributed by atoms with E-state index in [2.05, 4.69) is 9.88 Å². The molecule has 3 aromatic rings. The van der Waals surface area contributed by atoms with Gasteiger partial charge in [-0.25, -0.2) is 9.78 Å². The van der Waals surface area contributed by atoms with Crippen molar-refractivity contribution in [1.29, 1.82) is 0 Å². The molecular weight excluding hydrogens is 436 g/mol. The Balaban J connectivity index is 1.80. The number of aromatic nitrogens is 4. The Morgan fingerprint density at radius 2 is 1.65 bits per heavy atom. The highest BCUT2D eigenvalue weighted by atomic mass is 16.2. The van der Waals surface area contributed by atoms with E-state index in [1.807, 2.05) is 32.0 Å². The lowest BCUT2D eigenvalue weighted by Crippen LogP contribution is -2.50. The highest BCUT2D eigenvalue weighted by molar-refractivity contribution is 6.05. The monoisotopic (exact) mass is 466 g/mol. The second-order valence-corrected chi connectivity index (χ2v) is 8.51. The molecule has 34 heavy (non-hydrogen) atoms. The van der Waals surface area contributed by atoms with E-state index in [9.17, 15) is 19.2 Å². The molecule has 1 aliphatic heterocycles. The van der Waals surface area contributed by atoms with Gasteiger partial charge >= 0.3 is 5.69 Å². The number of piperazine rings is 1. The molecule has 10 heteroatoms. The zero-order valence-electron chi connectivity index (χ0n) is 19.9. The van der Waals surface area contributed by atoms with Crippen LogP contribution >= 0.6 is 0 Å². The van der Waals surface area contributed by atoms with Gasteiger partial charge in [-0.2, -0.15) is 0 Å². The van der Waals surface area contributed by atoms with Gasteiger partial charge < -0.3 is 9.80 Å². The highest BCUT2D eigenvalue weighted by Crippen LogP contribution is 2.18. The molecule has 0 radical (unpaired) electrons. The van der Waals surface area contributed by atoms with Crippen molar-refractivity contribution < 1.29 is 4.79 Å². The fraction of sp³-hybridized carbons (Fsp3) is 0.458. The predicted molar refractivity (Wildman–Crippen MR) is 131 cm³/mol. The molecule has 10 nitrogen and oxygen atoms in total. The summed E-state index contributed by atoms with van der Waals surface area (Å²) in [5.41, 5.74) is -1.15. The van der Waals surface area contributed by atoms with Crippen molar-refractivity contribution in [3.63, 3.8) is 0 Å². The van der Waals surface area contributed by atoms with E-state index >= 15 is 0 Å². The quantitative estimate of drug-likeness (QED) is 0.538. The van der Waals surface area contributed by atoms with E-state index in [1.54, 1.807) is 18.1 Å². The largest absolute Gasteiger partial charge is 0.353 e. The van der Waals surface area contributed by atoms with Gasteiger partial charge in [0.15, 0.2) is 0 Å². The van der Waals surface area contributed by atoms with Crippen LogP contribution in [0.25, 0.3) is 11.0 Å². The number of anilines is 1. The Morgan fingerprint density at radius 3 is 2.26 bits per heavy atom. The molecule has 1 saturated heterocycles. The molecule has 0 unspecified atom stereocenters. The van der Waals surface area contributed by atoms with E-state index in [4.69, 9.17) is 0 Å². The molecule has 1 amide bonds. The number of hydrogen-bond donors (Lipinski definition) is 0. The highest BCUT2D eigenvalue weighted by Gasteiger charge is 2.28. The summed E-state index contributed by atoms with van der Waals surface area (Å²) in [6, 6.07) is 6.96. The molecule has 3 aromatic heterocycles. The first-order valence-electron chi connectivity index (χ1n) is 11.7. The third-order valence-corrected chi connectivity index (χ3v) is 6.24. The second kappa shape index (κ2) is 9.66. The molecule has 180 valence electrons. The molecule has 0 bridgehead atoms. The lowest BCUT2D eigenvalue weighted by Gasteiger charge is -2.35. The molecule has 4 rings (SSSR count). The van der Waals surface area contributed by atoms with Crippen molar-refractivity contribution >= 4 is 22.8 Å². The van der Waals surface area contributed by atoms with Crippen LogP contribution in [0.2, 0.25) is 0 Å². The molecule has 0 aliphatic carbocycles. The molecule has 1 fully saturated rings. The Bertz CT molecular complexity index is 1380. The zero-order valence-corrected chi connectivity index (χ0v) is 19.9. The third-order valence-electron chi connectivity index (χ3n) is 6.24. The van der Waals surface area contributed by atoms with E-state index in [0.717, 1.165) is 10.4 Å². The van der Waals surface area contributed by atoms with Crippen LogP contribution < -0.4 is 21.7 Å². The van der Waals surface area contributed by atoms with Crippen molar-refractivity contribution in [2.24, 2.45) is 7.05 Å². The maximum absolute atomic E-state index is 13.6. The van der Waals surface area contributed by atoms with E-state index in [1.165, 1.54) is 15.2 Å². The first-order valence-corrected chi connectivity index (χ1v) is 11.7. The van der Waals surface area contributed by atoms with Gasteiger partial charge in [0.25, 0.3) is 17.0 Å². The zero-order chi connectivity index (χ0) is 24.4. The average Bonchev–Trinajstić information content (AvgIpc) is 2.86. The molecule has 0 atom stereocenters. The van der Waals surface area contributed by atoms with Crippen molar-refractivity contribution in [1.82, 2.24) is 23.6 Å². The minimum Gasteiger partial charge on any atom is -0.353 e. The van der Waals surface area contributed by atoms with Crippen LogP contribution in [0.5, 0.6) is 0 Å². The Kier molecular flexibility index (Phi) is 6.67. The standard InChI is InChI=1S/C24H30N6O4/c1-4-10-29-19(31)16-17(20-21(29)26(3)24(34)30(11-5-2)23(20)33)22(32)28-14-12-27(13-15-28)18-8-6-7-9-25-18/h6-9,16H,4-5,10-15H2,1-3H3. The van der Waals surface area contributed by atoms with Crippen molar-refractivity contribution in [2.45, 2.75) is 39.8 Å². The number of aryl methyl sites for hydroxylation is 2. The van der Waals surface area contributed by atoms with Crippen LogP contribution in [-0.2, 0) is 20.1 Å². The summed E-state index contributed by atoms with van der Waals surface area (Å²) < 4.78 is 3.89. The Hall–Kier alpha value is -3.69. The molecule has 0 saturated carbocycles. The fourth-order valence-electron chi connectivity index (χ4n) is 4.57. The summed E-state index contributed by atoms with van der Waals surface area (Å²) in [5, 5.41) is 0.126. The van der Waals surface area contributed by atoms with Gasteiger partial charge in [-0.05, 0) is 25.0 Å². The van der Waals surface area contributed by atoms with Crippen LogP contribution in [0.1, 0.15) is 37.0 Å². The number of pyridine rings is 2. The maximum atomic E-state index is 13.6. The minimum absolute atomic E-state index is 0.0593. The summed E-state index contributed by atoms with van der Waals surface area (Å²) in [6.45, 7) is 6.42. The Morgan fingerprint density at radius 1 is 0.971 bits per heavy atom. The van der Waals surface area contributed by atoms with Crippen molar-refractivity contribution in [3.05, 3.63) is 67.2 Å². The maximum Gasteiger partial charge on any atom is 0.332 e. The first kappa shape index (κ1) is 23.5. The number of hydrogen-bond acceptors (Lipinski definition) is 6. The van der Waals surface area contributed by atoms with Gasteiger partial charge in [0.2, 0.25) is 0 Å². The topological polar surface area (TPSA) is 102 Å². The molecular formula is C24H30N6O4. The van der Waals surface area contributed by atoms with Crippen LogP contribution in [0, 0.1) is 0 Å². The minimum atomic E-state index is -0.528. The lowest BCUT2D eigenvalue weighted by atomic mass is 10.1. The van der Waals surface area contributed by atoms with Gasteiger partial charge in [-0.3, -0.25) is 28.1 Å². The van der Waals surface area contributed by atoms with Gasteiger partial charge in [-0.1, -0.05) is 19.9 Å². The lowest BCUT2D eigenvalue weighted by molar-refractivity contribution is 0.0748. The number of amides is 1. The van der Waals surface area contributed by atoms with Crippen LogP contribution in [0.15, 0.2) is 44.8 Å². The summed E-state index contributed by atoms with van der Waals surface area (Å²) in [7, 11) is 1.54.